The first-order chi connectivity index (χ1) is 8.90. The molecule has 1 aliphatic rings. The third-order valence-corrected chi connectivity index (χ3v) is 4.29. The molecule has 1 aliphatic heterocycles. The number of hydrogen-bond acceptors (Lipinski definition) is 3. The molecule has 1 atom stereocenters. The van der Waals surface area contributed by atoms with E-state index in [1.807, 2.05) is 0 Å². The van der Waals surface area contributed by atoms with Crippen LogP contribution < -0.4 is 4.90 Å². The molecule has 1 N–H and O–H groups in total. The van der Waals surface area contributed by atoms with Crippen LogP contribution in [0.2, 0.25) is 0 Å². The summed E-state index contributed by atoms with van der Waals surface area (Å²) in [6, 6.07) is 4.40. The molecule has 104 valence electrons. The van der Waals surface area contributed by atoms with E-state index in [-0.39, 0.29) is 5.54 Å². The summed E-state index contributed by atoms with van der Waals surface area (Å²) in [6.45, 7) is 12.2. The number of nitrogens with zero attached hydrogens (tertiary/aromatic N) is 2. The van der Waals surface area contributed by atoms with Gasteiger partial charge in [-0.1, -0.05) is 12.1 Å². The maximum Gasteiger partial charge on any atom is 0.0736 e. The van der Waals surface area contributed by atoms with E-state index in [1.165, 1.54) is 17.5 Å². The van der Waals surface area contributed by atoms with E-state index in [0.29, 0.717) is 5.92 Å². The van der Waals surface area contributed by atoms with E-state index in [2.05, 4.69) is 56.8 Å². The Bertz CT molecular complexity index is 506. The van der Waals surface area contributed by atoms with E-state index in [1.54, 1.807) is 0 Å². The molecule has 0 aliphatic carbocycles. The van der Waals surface area contributed by atoms with Gasteiger partial charge in [0.15, 0.2) is 0 Å². The maximum atomic E-state index is 8.75. The fourth-order valence-corrected chi connectivity index (χ4v) is 3.45. The Morgan fingerprint density at radius 2 is 2.16 bits per heavy atom. The molecule has 0 spiro atoms. The molecule has 0 bridgehead atoms. The molecule has 0 fully saturated rings. The molecule has 0 radical (unpaired) electrons. The molecule has 19 heavy (non-hydrogen) atoms. The molecule has 0 saturated heterocycles. The molecule has 0 amide bonds. The maximum absolute atomic E-state index is 8.75. The van der Waals surface area contributed by atoms with Gasteiger partial charge in [0.05, 0.1) is 6.21 Å². The van der Waals surface area contributed by atoms with Crippen molar-refractivity contribution in [3.05, 3.63) is 28.8 Å². The number of hydrogen-bond donors (Lipinski definition) is 1. The lowest BCUT2D eigenvalue weighted by Crippen LogP contribution is -2.48. The fraction of sp³-hybridized carbons (Fsp3) is 0.562. The van der Waals surface area contributed by atoms with Gasteiger partial charge in [-0.3, -0.25) is 0 Å². The van der Waals surface area contributed by atoms with Crippen LogP contribution in [0.5, 0.6) is 0 Å². The van der Waals surface area contributed by atoms with Crippen molar-refractivity contribution in [2.24, 2.45) is 5.16 Å². The van der Waals surface area contributed by atoms with E-state index < -0.39 is 0 Å². The summed E-state index contributed by atoms with van der Waals surface area (Å²) < 4.78 is 0. The molecule has 1 aromatic rings. The minimum Gasteiger partial charge on any atom is -0.411 e. The summed E-state index contributed by atoms with van der Waals surface area (Å²) in [4.78, 5) is 2.48. The van der Waals surface area contributed by atoms with E-state index in [0.717, 1.165) is 24.1 Å². The van der Waals surface area contributed by atoms with Crippen molar-refractivity contribution < 1.29 is 5.21 Å². The van der Waals surface area contributed by atoms with Crippen LogP contribution in [0.3, 0.4) is 0 Å². The second-order valence-corrected chi connectivity index (χ2v) is 6.17. The zero-order valence-corrected chi connectivity index (χ0v) is 12.6. The third-order valence-electron chi connectivity index (χ3n) is 4.29. The predicted octanol–water partition coefficient (Wildman–Crippen LogP) is 3.92. The Morgan fingerprint density at radius 1 is 1.47 bits per heavy atom. The average Bonchev–Trinajstić information content (AvgIpc) is 2.31. The Hall–Kier alpha value is -1.51. The molecule has 0 unspecified atom stereocenters. The highest BCUT2D eigenvalue weighted by atomic mass is 16.4. The molecular weight excluding hydrogens is 236 g/mol. The zero-order valence-electron chi connectivity index (χ0n) is 12.6. The first-order valence-corrected chi connectivity index (χ1v) is 7.00. The van der Waals surface area contributed by atoms with Crippen LogP contribution in [0.25, 0.3) is 0 Å². The monoisotopic (exact) mass is 260 g/mol. The first-order valence-electron chi connectivity index (χ1n) is 7.00. The van der Waals surface area contributed by atoms with Crippen molar-refractivity contribution in [1.82, 2.24) is 0 Å². The highest BCUT2D eigenvalue weighted by Gasteiger charge is 2.35. The number of anilines is 1. The Balaban J connectivity index is 2.60. The lowest BCUT2D eigenvalue weighted by atomic mass is 9.79. The summed E-state index contributed by atoms with van der Waals surface area (Å²) in [5, 5.41) is 11.9. The van der Waals surface area contributed by atoms with Crippen molar-refractivity contribution in [3.63, 3.8) is 0 Å². The topological polar surface area (TPSA) is 35.8 Å². The molecule has 2 rings (SSSR count). The standard InChI is InChI=1S/C16H24N2O/c1-6-18-15-7-11(2)13(10-17-19)8-14(15)12(3)9-16(18,4)5/h7-8,10,12,19H,6,9H2,1-5H3/b17-10+/t12-/m0/s1. The smallest absolute Gasteiger partial charge is 0.0736 e. The van der Waals surface area contributed by atoms with Gasteiger partial charge < -0.3 is 10.1 Å². The number of rotatable bonds is 2. The van der Waals surface area contributed by atoms with E-state index in [9.17, 15) is 0 Å². The largest absolute Gasteiger partial charge is 0.411 e. The number of oxime groups is 1. The van der Waals surface area contributed by atoms with Crippen LogP contribution in [0.1, 0.15) is 56.7 Å². The average molecular weight is 260 g/mol. The van der Waals surface area contributed by atoms with Gasteiger partial charge in [-0.15, -0.1) is 0 Å². The van der Waals surface area contributed by atoms with Crippen LogP contribution in [-0.2, 0) is 0 Å². The quantitative estimate of drug-likeness (QED) is 0.497. The van der Waals surface area contributed by atoms with E-state index >= 15 is 0 Å². The number of benzene rings is 1. The van der Waals surface area contributed by atoms with Gasteiger partial charge in [0, 0.05) is 17.8 Å². The molecular formula is C16H24N2O. The van der Waals surface area contributed by atoms with Crippen molar-refractivity contribution in [1.29, 1.82) is 0 Å². The van der Waals surface area contributed by atoms with Crippen LogP contribution >= 0.6 is 0 Å². The number of aryl methyl sites for hydroxylation is 1. The van der Waals surface area contributed by atoms with Gasteiger partial charge >= 0.3 is 0 Å². The van der Waals surface area contributed by atoms with Gasteiger partial charge in [-0.25, -0.2) is 0 Å². The van der Waals surface area contributed by atoms with Crippen molar-refractivity contribution >= 4 is 11.9 Å². The first kappa shape index (κ1) is 13.9. The molecule has 3 nitrogen and oxygen atoms in total. The highest BCUT2D eigenvalue weighted by Crippen LogP contribution is 2.43. The Labute approximate surface area is 115 Å². The van der Waals surface area contributed by atoms with Gasteiger partial charge in [0.2, 0.25) is 0 Å². The summed E-state index contributed by atoms with van der Waals surface area (Å²) in [5.41, 5.74) is 5.05. The lowest BCUT2D eigenvalue weighted by molar-refractivity contribution is 0.322. The van der Waals surface area contributed by atoms with Gasteiger partial charge in [-0.05, 0) is 68.9 Å². The van der Waals surface area contributed by atoms with Crippen LogP contribution in [0.4, 0.5) is 5.69 Å². The number of fused-ring (bicyclic) bond motifs is 1. The van der Waals surface area contributed by atoms with E-state index in [4.69, 9.17) is 5.21 Å². The van der Waals surface area contributed by atoms with Crippen LogP contribution in [-0.4, -0.2) is 23.5 Å². The van der Waals surface area contributed by atoms with Gasteiger partial charge in [-0.2, -0.15) is 0 Å². The Kier molecular flexibility index (Phi) is 3.57. The van der Waals surface area contributed by atoms with Crippen molar-refractivity contribution in [3.8, 4) is 0 Å². The van der Waals surface area contributed by atoms with Crippen molar-refractivity contribution in [2.45, 2.75) is 52.5 Å². The summed E-state index contributed by atoms with van der Waals surface area (Å²) in [6.07, 6.45) is 2.67. The molecule has 0 aromatic heterocycles. The van der Waals surface area contributed by atoms with Crippen molar-refractivity contribution in [2.75, 3.05) is 11.4 Å². The summed E-state index contributed by atoms with van der Waals surface area (Å²) in [5.74, 6) is 0.527. The second-order valence-electron chi connectivity index (χ2n) is 6.17. The predicted molar refractivity (Wildman–Crippen MR) is 80.7 cm³/mol. The second kappa shape index (κ2) is 4.87. The molecule has 1 aromatic carbocycles. The SMILES string of the molecule is CCN1c2cc(C)c(/C=N/O)cc2[C@@H](C)CC1(C)C. The summed E-state index contributed by atoms with van der Waals surface area (Å²) in [7, 11) is 0. The molecule has 3 heteroatoms. The van der Waals surface area contributed by atoms with Crippen LogP contribution in [0.15, 0.2) is 17.3 Å². The Morgan fingerprint density at radius 3 is 2.74 bits per heavy atom. The fourth-order valence-electron chi connectivity index (χ4n) is 3.45. The minimum absolute atomic E-state index is 0.195. The zero-order chi connectivity index (χ0) is 14.2. The van der Waals surface area contributed by atoms with Gasteiger partial charge in [0.25, 0.3) is 0 Å². The molecule has 0 saturated carbocycles. The molecule has 1 heterocycles. The highest BCUT2D eigenvalue weighted by molar-refractivity contribution is 5.83. The lowest BCUT2D eigenvalue weighted by Gasteiger charge is -2.47. The minimum atomic E-state index is 0.195. The third kappa shape index (κ3) is 2.34. The van der Waals surface area contributed by atoms with Gasteiger partial charge in [0.1, 0.15) is 0 Å². The normalized spacial score (nSPS) is 21.7. The van der Waals surface area contributed by atoms with Crippen LogP contribution in [0, 0.1) is 6.92 Å². The summed E-state index contributed by atoms with van der Waals surface area (Å²) >= 11 is 0.